The summed E-state index contributed by atoms with van der Waals surface area (Å²) in [6.45, 7) is 2.17. The Morgan fingerprint density at radius 1 is 0.762 bits per heavy atom. The van der Waals surface area contributed by atoms with Crippen molar-refractivity contribution < 1.29 is 56.9 Å². The molecule has 6 heterocycles. The van der Waals surface area contributed by atoms with Crippen molar-refractivity contribution in [3.8, 4) is 56.7 Å². The number of allylic oxidation sites excluding steroid dienone is 1. The normalized spacial score (nSPS) is 11.2. The first-order valence-electron chi connectivity index (χ1n) is 23.8. The van der Waals surface area contributed by atoms with Gasteiger partial charge in [-0.1, -0.05) is 74.8 Å². The van der Waals surface area contributed by atoms with Crippen molar-refractivity contribution in [3.63, 3.8) is 0 Å². The fraction of sp³-hybridized carbons (Fsp3) is 0.119. The molecule has 402 valence electrons. The minimum Gasteiger partial charge on any atom is -0.753 e. The predicted octanol–water partition coefficient (Wildman–Crippen LogP) is 15.5. The van der Waals surface area contributed by atoms with Crippen LogP contribution in [-0.2, 0) is 35.5 Å². The minimum absolute atomic E-state index is 0. The molecule has 15 nitrogen and oxygen atoms in total. The first-order valence-corrected chi connectivity index (χ1v) is 25.1. The van der Waals surface area contributed by atoms with Crippen molar-refractivity contribution in [2.45, 2.75) is 45.2 Å². The molecular weight excluding hydrogens is 1150 g/mol. The Balaban J connectivity index is 0.000000330. The maximum atomic E-state index is 12.5. The summed E-state index contributed by atoms with van der Waals surface area (Å²) in [6, 6.07) is 40.3. The van der Waals surface area contributed by atoms with Crippen molar-refractivity contribution in [1.29, 1.82) is 15.9 Å². The van der Waals surface area contributed by atoms with Crippen LogP contribution in [0.2, 0.25) is 0 Å². The minimum atomic E-state index is -4.76. The summed E-state index contributed by atoms with van der Waals surface area (Å²) >= 11 is 5.27. The number of thiophene rings is 1. The van der Waals surface area contributed by atoms with Gasteiger partial charge in [0.2, 0.25) is 0 Å². The van der Waals surface area contributed by atoms with E-state index in [2.05, 4.69) is 45.1 Å². The van der Waals surface area contributed by atoms with Gasteiger partial charge in [0, 0.05) is 52.2 Å². The van der Waals surface area contributed by atoms with Gasteiger partial charge in [0.1, 0.15) is 41.0 Å². The maximum absolute atomic E-state index is 12.5. The SMILES string of the molecule is CCCCCCc1ccsc1-c1ccnc(/C([NH-])=C/C(=N)C(F)(F)F)c1.N#C/C(=C\c1ccnc(-c2cc(/C=C(\C#N)C(=O)O)cc(-c3cc(-c4cc(N(c5ccccc5)c5ccccc5)co4)ccn3)n2)c1)C(=O)O.[N-]=C=S.[Ru+2]. The summed E-state index contributed by atoms with van der Waals surface area (Å²) < 4.78 is 43.5. The number of pyridine rings is 4. The monoisotopic (exact) mass is 1200 g/mol. The number of nitrogens with zero attached hydrogens (tertiary/aromatic N) is 8. The van der Waals surface area contributed by atoms with Crippen molar-refractivity contribution in [2.24, 2.45) is 0 Å². The number of aliphatic carboxylic acids is 2. The number of carboxylic acids is 2. The fourth-order valence-electron chi connectivity index (χ4n) is 7.66. The molecule has 0 amide bonds. The molecule has 80 heavy (non-hydrogen) atoms. The molecule has 8 aromatic rings. The molecular formula is C59H45F3N10O5RuS2. The van der Waals surface area contributed by atoms with Crippen LogP contribution in [0, 0.1) is 28.1 Å². The van der Waals surface area contributed by atoms with Gasteiger partial charge >= 0.3 is 37.6 Å². The van der Waals surface area contributed by atoms with Gasteiger partial charge in [0.05, 0.1) is 28.5 Å². The molecule has 2 aromatic carbocycles. The van der Waals surface area contributed by atoms with E-state index in [0.29, 0.717) is 45.6 Å². The Morgan fingerprint density at radius 2 is 1.31 bits per heavy atom. The number of benzene rings is 2. The van der Waals surface area contributed by atoms with Crippen LogP contribution in [0.25, 0.3) is 73.5 Å². The third-order valence-electron chi connectivity index (χ3n) is 11.3. The topological polar surface area (TPSA) is 260 Å². The van der Waals surface area contributed by atoms with Crippen LogP contribution in [0.4, 0.5) is 30.2 Å². The van der Waals surface area contributed by atoms with Crippen molar-refractivity contribution in [2.75, 3.05) is 4.90 Å². The zero-order chi connectivity index (χ0) is 56.9. The number of aryl methyl sites for hydroxylation is 1. The van der Waals surface area contributed by atoms with Crippen LogP contribution in [0.3, 0.4) is 0 Å². The van der Waals surface area contributed by atoms with Gasteiger partial charge in [-0.05, 0) is 138 Å². The third kappa shape index (κ3) is 17.1. The molecule has 21 heteroatoms. The number of carboxylic acid groups (broad SMARTS) is 2. The molecule has 0 aliphatic carbocycles. The summed E-state index contributed by atoms with van der Waals surface area (Å²) in [5.41, 5.74) is 12.5. The number of halogens is 3. The van der Waals surface area contributed by atoms with E-state index in [1.165, 1.54) is 60.6 Å². The van der Waals surface area contributed by atoms with Crippen molar-refractivity contribution >= 4 is 81.3 Å². The van der Waals surface area contributed by atoms with E-state index in [1.807, 2.05) is 72.1 Å². The Kier molecular flexibility index (Phi) is 23.0. The number of unbranched alkanes of at least 4 members (excludes halogenated alkanes) is 3. The van der Waals surface area contributed by atoms with Crippen molar-refractivity contribution in [3.05, 3.63) is 202 Å². The molecule has 0 spiro atoms. The average molecular weight is 1200 g/mol. The number of hydrogen-bond acceptors (Lipinski definition) is 13. The van der Waals surface area contributed by atoms with Crippen LogP contribution in [-0.4, -0.2) is 59.1 Å². The number of isothiocyanates is 1. The van der Waals surface area contributed by atoms with Crippen LogP contribution in [0.1, 0.15) is 55.0 Å². The molecule has 0 radical (unpaired) electrons. The van der Waals surface area contributed by atoms with Crippen LogP contribution in [0.5, 0.6) is 0 Å². The first kappa shape index (κ1) is 61.5. The molecule has 4 N–H and O–H groups in total. The molecule has 0 bridgehead atoms. The van der Waals surface area contributed by atoms with Gasteiger partial charge in [0.25, 0.3) is 0 Å². The zero-order valence-corrected chi connectivity index (χ0v) is 45.6. The van der Waals surface area contributed by atoms with Gasteiger partial charge in [0.15, 0.2) is 0 Å². The molecule has 8 rings (SSSR count). The molecule has 0 atom stereocenters. The fourth-order valence-corrected chi connectivity index (χ4v) is 8.61. The van der Waals surface area contributed by atoms with Crippen LogP contribution < -0.4 is 4.90 Å². The second-order valence-electron chi connectivity index (χ2n) is 16.8. The number of rotatable bonds is 18. The Bertz CT molecular complexity index is 3640. The second-order valence-corrected chi connectivity index (χ2v) is 17.9. The van der Waals surface area contributed by atoms with E-state index in [0.717, 1.165) is 40.3 Å². The number of para-hydroxylation sites is 2. The summed E-state index contributed by atoms with van der Waals surface area (Å²) in [4.78, 5) is 43.8. The molecule has 0 saturated heterocycles. The number of alkyl halides is 3. The van der Waals surface area contributed by atoms with Gasteiger partial charge in [-0.3, -0.25) is 20.4 Å². The number of carbonyl (C=O) groups is 2. The number of furan rings is 1. The quantitative estimate of drug-likeness (QED) is 0.0180. The van der Waals surface area contributed by atoms with Crippen LogP contribution >= 0.6 is 23.6 Å². The van der Waals surface area contributed by atoms with Crippen molar-refractivity contribution in [1.82, 2.24) is 19.9 Å². The average Bonchev–Trinajstić information content (AvgIpc) is 4.19. The molecule has 0 unspecified atom stereocenters. The predicted molar refractivity (Wildman–Crippen MR) is 303 cm³/mol. The number of nitriles is 2. The molecule has 0 fully saturated rings. The van der Waals surface area contributed by atoms with E-state index in [4.69, 9.17) is 26.0 Å². The van der Waals surface area contributed by atoms with Gasteiger partial charge < -0.3 is 30.7 Å². The molecule has 0 saturated carbocycles. The Labute approximate surface area is 480 Å². The zero-order valence-electron chi connectivity index (χ0n) is 42.2. The number of nitrogens with one attached hydrogen (secondary N) is 2. The molecule has 6 aromatic heterocycles. The van der Waals surface area contributed by atoms with Gasteiger partial charge in [-0.25, -0.2) is 14.6 Å². The smallest absolute Gasteiger partial charge is 0.753 e. The number of aromatic nitrogens is 4. The summed E-state index contributed by atoms with van der Waals surface area (Å²) in [5.74, 6) is -2.22. The van der Waals surface area contributed by atoms with E-state index in [9.17, 15) is 43.5 Å². The largest absolute Gasteiger partial charge is 2.00 e. The number of hydrogen-bond donors (Lipinski definition) is 3. The first-order chi connectivity index (χ1) is 38.1. The number of anilines is 3. The van der Waals surface area contributed by atoms with Gasteiger partial charge in [-0.15, -0.1) is 17.0 Å². The summed E-state index contributed by atoms with van der Waals surface area (Å²) in [5, 5.41) is 54.9. The van der Waals surface area contributed by atoms with E-state index < -0.39 is 40.7 Å². The van der Waals surface area contributed by atoms with Gasteiger partial charge in [-0.2, -0.15) is 28.9 Å². The summed E-state index contributed by atoms with van der Waals surface area (Å²) in [6.07, 6.45) is 9.95. The maximum Gasteiger partial charge on any atom is 2.00 e. The summed E-state index contributed by atoms with van der Waals surface area (Å²) in [7, 11) is 0. The van der Waals surface area contributed by atoms with E-state index in [-0.39, 0.29) is 30.9 Å². The second kappa shape index (κ2) is 30.0. The molecule has 0 aliphatic rings. The Hall–Kier alpha value is -9.36. The molecule has 0 aliphatic heterocycles. The van der Waals surface area contributed by atoms with E-state index in [1.54, 1.807) is 78.4 Å². The standard InChI is InChI=1S/C39H24N6O5.C19H21F3N3S.CNS.Ru/c40-22-28(38(46)47)15-25-11-13-42-33(17-25)35-18-26(16-29(23-41)39(48)49)19-36(44-35)34-20-27(12-14-43-34)37-21-32(24-50-37)45(30-7-3-1-4-8-30)31-9-5-2-6-10-31;1-2-3-4-5-6-13-8-10-26-18(13)14-7-9-25-16(11-14)15(23)12-17(24)19(20,21)22;2-1-3;/h1-21,24H,(H,46,47)(H,48,49);7-12,23-24H,2-6H2,1H3;;/q;2*-1;+2/b28-15+,29-16+;15-12-,24-17?;;. The van der Waals surface area contributed by atoms with Crippen LogP contribution in [0.15, 0.2) is 173 Å². The third-order valence-corrected chi connectivity index (χ3v) is 12.3. The Morgan fingerprint density at radius 3 is 1.89 bits per heavy atom. The van der Waals surface area contributed by atoms with E-state index >= 15 is 0 Å². The number of thiocarbonyl (C=S) groups is 1.